The molecule has 0 radical (unpaired) electrons. The summed E-state index contributed by atoms with van der Waals surface area (Å²) in [4.78, 5) is 13.5. The topological polar surface area (TPSA) is 45.4 Å². The maximum absolute atomic E-state index is 13.0. The first-order valence-electron chi connectivity index (χ1n) is 8.81. The number of rotatable bonds is 5. The molecule has 3 heterocycles. The van der Waals surface area contributed by atoms with E-state index < -0.39 is 0 Å². The minimum Gasteiger partial charge on any atom is -0.439 e. The maximum atomic E-state index is 13.0. The molecule has 0 amide bonds. The summed E-state index contributed by atoms with van der Waals surface area (Å²) < 4.78 is 18.9. The van der Waals surface area contributed by atoms with Gasteiger partial charge in [-0.2, -0.15) is 0 Å². The number of oxazole rings is 1. The van der Waals surface area contributed by atoms with E-state index >= 15 is 0 Å². The predicted octanol–water partition coefficient (Wildman–Crippen LogP) is 3.19. The Balaban J connectivity index is 1.30. The van der Waals surface area contributed by atoms with Gasteiger partial charge in [0, 0.05) is 44.5 Å². The summed E-state index contributed by atoms with van der Waals surface area (Å²) >= 11 is 0. The van der Waals surface area contributed by atoms with Crippen molar-refractivity contribution in [3.63, 3.8) is 0 Å². The van der Waals surface area contributed by atoms with Crippen LogP contribution in [0.3, 0.4) is 0 Å². The fraction of sp³-hybridized carbons (Fsp3) is 0.300. The minimum absolute atomic E-state index is 0.253. The highest BCUT2D eigenvalue weighted by Gasteiger charge is 2.19. The molecular weight excluding hydrogens is 331 g/mol. The van der Waals surface area contributed by atoms with Gasteiger partial charge >= 0.3 is 0 Å². The van der Waals surface area contributed by atoms with Crippen LogP contribution in [-0.2, 0) is 13.1 Å². The zero-order chi connectivity index (χ0) is 17.8. The molecule has 134 valence electrons. The van der Waals surface area contributed by atoms with Gasteiger partial charge in [0.2, 0.25) is 5.89 Å². The molecule has 1 fully saturated rings. The fourth-order valence-corrected chi connectivity index (χ4v) is 3.15. The van der Waals surface area contributed by atoms with E-state index in [-0.39, 0.29) is 5.82 Å². The van der Waals surface area contributed by atoms with Gasteiger partial charge in [0.05, 0.1) is 18.4 Å². The normalized spacial score (nSPS) is 16.0. The number of piperazine rings is 1. The molecule has 0 aliphatic carbocycles. The average Bonchev–Trinajstić information content (AvgIpc) is 3.13. The Kier molecular flexibility index (Phi) is 5.04. The summed E-state index contributed by atoms with van der Waals surface area (Å²) in [6.07, 6.45) is 3.55. The Morgan fingerprint density at radius 2 is 1.62 bits per heavy atom. The van der Waals surface area contributed by atoms with Gasteiger partial charge in [0.15, 0.2) is 5.76 Å². The molecule has 5 nitrogen and oxygen atoms in total. The van der Waals surface area contributed by atoms with Crippen molar-refractivity contribution in [1.82, 2.24) is 19.8 Å². The van der Waals surface area contributed by atoms with Crippen molar-refractivity contribution in [2.45, 2.75) is 13.1 Å². The van der Waals surface area contributed by atoms with Crippen LogP contribution < -0.4 is 0 Å². The average molecular weight is 352 g/mol. The highest BCUT2D eigenvalue weighted by Crippen LogP contribution is 2.21. The number of aromatic nitrogens is 2. The van der Waals surface area contributed by atoms with E-state index in [0.717, 1.165) is 44.0 Å². The molecule has 0 N–H and O–H groups in total. The van der Waals surface area contributed by atoms with E-state index in [0.29, 0.717) is 18.2 Å². The van der Waals surface area contributed by atoms with Gasteiger partial charge in [-0.05, 0) is 36.4 Å². The van der Waals surface area contributed by atoms with Crippen molar-refractivity contribution >= 4 is 0 Å². The third kappa shape index (κ3) is 4.15. The lowest BCUT2D eigenvalue weighted by molar-refractivity contribution is 0.114. The van der Waals surface area contributed by atoms with Crippen molar-refractivity contribution in [2.24, 2.45) is 0 Å². The van der Waals surface area contributed by atoms with Crippen molar-refractivity contribution < 1.29 is 8.81 Å². The van der Waals surface area contributed by atoms with E-state index in [9.17, 15) is 4.39 Å². The third-order valence-corrected chi connectivity index (χ3v) is 4.62. The summed E-state index contributed by atoms with van der Waals surface area (Å²) in [5.41, 5.74) is 1.95. The van der Waals surface area contributed by atoms with Crippen molar-refractivity contribution in [1.29, 1.82) is 0 Å². The molecule has 0 saturated carbocycles. The summed E-state index contributed by atoms with van der Waals surface area (Å²) in [6, 6.07) is 12.3. The summed E-state index contributed by atoms with van der Waals surface area (Å²) in [6.45, 7) is 5.54. The molecule has 1 aliphatic heterocycles. The van der Waals surface area contributed by atoms with Gasteiger partial charge in [-0.15, -0.1) is 0 Å². The number of hydrogen-bond acceptors (Lipinski definition) is 5. The van der Waals surface area contributed by atoms with E-state index in [1.165, 1.54) is 12.1 Å². The van der Waals surface area contributed by atoms with Crippen LogP contribution in [0.15, 0.2) is 59.3 Å². The van der Waals surface area contributed by atoms with E-state index in [2.05, 4.69) is 25.8 Å². The summed E-state index contributed by atoms with van der Waals surface area (Å²) in [7, 11) is 0. The van der Waals surface area contributed by atoms with E-state index in [1.807, 2.05) is 18.3 Å². The van der Waals surface area contributed by atoms with Crippen LogP contribution in [0.4, 0.5) is 4.39 Å². The number of hydrogen-bond donors (Lipinski definition) is 0. The Hall–Kier alpha value is -2.57. The number of halogens is 1. The molecule has 26 heavy (non-hydrogen) atoms. The molecule has 0 unspecified atom stereocenters. The first-order chi connectivity index (χ1) is 12.8. The zero-order valence-electron chi connectivity index (χ0n) is 14.5. The standard InChI is InChI=1S/C20H21FN4O/c21-17-6-4-16(5-7-17)19-13-23-20(26-19)15-25-11-9-24(10-12-25)14-18-3-1-2-8-22-18/h1-8,13H,9-12,14-15H2. The first-order valence-corrected chi connectivity index (χ1v) is 8.81. The van der Waals surface area contributed by atoms with Crippen LogP contribution in [0, 0.1) is 5.82 Å². The molecule has 4 rings (SSSR count). The Labute approximate surface area is 152 Å². The maximum Gasteiger partial charge on any atom is 0.209 e. The highest BCUT2D eigenvalue weighted by atomic mass is 19.1. The lowest BCUT2D eigenvalue weighted by Crippen LogP contribution is -2.45. The molecule has 0 atom stereocenters. The van der Waals surface area contributed by atoms with Gasteiger partial charge in [-0.25, -0.2) is 9.37 Å². The smallest absolute Gasteiger partial charge is 0.209 e. The fourth-order valence-electron chi connectivity index (χ4n) is 3.15. The molecule has 1 saturated heterocycles. The number of nitrogens with zero attached hydrogens (tertiary/aromatic N) is 4. The molecule has 3 aromatic rings. The van der Waals surface area contributed by atoms with Crippen LogP contribution >= 0.6 is 0 Å². The predicted molar refractivity (Wildman–Crippen MR) is 96.7 cm³/mol. The first kappa shape index (κ1) is 16.9. The zero-order valence-corrected chi connectivity index (χ0v) is 14.5. The largest absolute Gasteiger partial charge is 0.439 e. The molecular formula is C20H21FN4O. The van der Waals surface area contributed by atoms with Crippen LogP contribution in [0.2, 0.25) is 0 Å². The van der Waals surface area contributed by atoms with Crippen LogP contribution in [-0.4, -0.2) is 45.9 Å². The second-order valence-electron chi connectivity index (χ2n) is 6.50. The van der Waals surface area contributed by atoms with Crippen LogP contribution in [0.1, 0.15) is 11.6 Å². The second-order valence-corrected chi connectivity index (χ2v) is 6.50. The summed E-state index contributed by atoms with van der Waals surface area (Å²) in [5, 5.41) is 0. The number of pyridine rings is 1. The van der Waals surface area contributed by atoms with E-state index in [1.54, 1.807) is 18.3 Å². The van der Waals surface area contributed by atoms with Gasteiger partial charge in [-0.1, -0.05) is 6.07 Å². The Morgan fingerprint density at radius 3 is 2.31 bits per heavy atom. The van der Waals surface area contributed by atoms with E-state index in [4.69, 9.17) is 4.42 Å². The lowest BCUT2D eigenvalue weighted by Gasteiger charge is -2.33. The highest BCUT2D eigenvalue weighted by molar-refractivity contribution is 5.55. The van der Waals surface area contributed by atoms with Crippen molar-refractivity contribution in [3.8, 4) is 11.3 Å². The van der Waals surface area contributed by atoms with Crippen molar-refractivity contribution in [2.75, 3.05) is 26.2 Å². The van der Waals surface area contributed by atoms with Gasteiger partial charge in [-0.3, -0.25) is 14.8 Å². The quantitative estimate of drug-likeness (QED) is 0.706. The van der Waals surface area contributed by atoms with Crippen molar-refractivity contribution in [3.05, 3.63) is 72.3 Å². The SMILES string of the molecule is Fc1ccc(-c2cnc(CN3CCN(Cc4ccccn4)CC3)o2)cc1. The molecule has 2 aromatic heterocycles. The Bertz CT molecular complexity index is 827. The van der Waals surface area contributed by atoms with Crippen LogP contribution in [0.5, 0.6) is 0 Å². The van der Waals surface area contributed by atoms with Gasteiger partial charge in [0.1, 0.15) is 5.82 Å². The van der Waals surface area contributed by atoms with Crippen LogP contribution in [0.25, 0.3) is 11.3 Å². The minimum atomic E-state index is -0.253. The molecule has 1 aliphatic rings. The molecule has 0 spiro atoms. The van der Waals surface area contributed by atoms with Gasteiger partial charge in [0.25, 0.3) is 0 Å². The Morgan fingerprint density at radius 1 is 0.885 bits per heavy atom. The number of benzene rings is 1. The molecule has 0 bridgehead atoms. The monoisotopic (exact) mass is 352 g/mol. The third-order valence-electron chi connectivity index (χ3n) is 4.62. The second kappa shape index (κ2) is 7.76. The summed E-state index contributed by atoms with van der Waals surface area (Å²) in [5.74, 6) is 1.12. The molecule has 6 heteroatoms. The lowest BCUT2D eigenvalue weighted by atomic mass is 10.2. The molecule has 1 aromatic carbocycles. The van der Waals surface area contributed by atoms with Gasteiger partial charge < -0.3 is 4.42 Å².